The highest BCUT2D eigenvalue weighted by Gasteiger charge is 2.27. The number of nitrogens with two attached hydrogens (primary N) is 1. The number of aromatic nitrogens is 2. The Balaban J connectivity index is 2.00. The second kappa shape index (κ2) is 4.12. The zero-order valence-electron chi connectivity index (χ0n) is 11.1. The van der Waals surface area contributed by atoms with Gasteiger partial charge in [-0.25, -0.2) is 0 Å². The van der Waals surface area contributed by atoms with Crippen LogP contribution in [0.3, 0.4) is 0 Å². The molecule has 2 N–H and O–H groups in total. The van der Waals surface area contributed by atoms with Gasteiger partial charge in [-0.05, 0) is 31.0 Å². The van der Waals surface area contributed by atoms with Crippen LogP contribution in [0.15, 0.2) is 24.4 Å². The van der Waals surface area contributed by atoms with Crippen LogP contribution in [0.1, 0.15) is 21.6 Å². The molecule has 1 amide bonds. The molecule has 0 saturated carbocycles. The van der Waals surface area contributed by atoms with Gasteiger partial charge in [-0.15, -0.1) is 0 Å². The van der Waals surface area contributed by atoms with Crippen LogP contribution in [0.4, 0.5) is 11.4 Å². The number of benzene rings is 1. The molecule has 0 aliphatic carbocycles. The summed E-state index contributed by atoms with van der Waals surface area (Å²) in [4.78, 5) is 14.4. The number of rotatable bonds is 1. The van der Waals surface area contributed by atoms with Crippen molar-refractivity contribution in [2.75, 3.05) is 17.2 Å². The van der Waals surface area contributed by atoms with E-state index >= 15 is 0 Å². The highest BCUT2D eigenvalue weighted by Crippen LogP contribution is 2.31. The van der Waals surface area contributed by atoms with Crippen LogP contribution < -0.4 is 10.6 Å². The highest BCUT2D eigenvalue weighted by atomic mass is 16.2. The van der Waals surface area contributed by atoms with E-state index in [2.05, 4.69) is 5.10 Å². The number of nitrogen functional groups attached to an aromatic ring is 1. The van der Waals surface area contributed by atoms with Gasteiger partial charge in [0, 0.05) is 31.2 Å². The van der Waals surface area contributed by atoms with Gasteiger partial charge in [-0.2, -0.15) is 5.10 Å². The Morgan fingerprint density at radius 2 is 2.21 bits per heavy atom. The zero-order valence-corrected chi connectivity index (χ0v) is 11.1. The molecule has 0 atom stereocenters. The van der Waals surface area contributed by atoms with E-state index in [0.717, 1.165) is 17.8 Å². The predicted octanol–water partition coefficient (Wildman–Crippen LogP) is 1.51. The lowest BCUT2D eigenvalue weighted by Gasteiger charge is -2.17. The molecule has 3 rings (SSSR count). The molecular formula is C14H16N4O. The second-order valence-corrected chi connectivity index (χ2v) is 4.90. The highest BCUT2D eigenvalue weighted by molar-refractivity contribution is 6.08. The molecule has 1 aromatic carbocycles. The van der Waals surface area contributed by atoms with Crippen LogP contribution >= 0.6 is 0 Å². The number of amides is 1. The van der Waals surface area contributed by atoms with Gasteiger partial charge in [-0.3, -0.25) is 9.48 Å². The van der Waals surface area contributed by atoms with Crippen molar-refractivity contribution in [2.45, 2.75) is 13.3 Å². The summed E-state index contributed by atoms with van der Waals surface area (Å²) in [6.07, 6.45) is 2.64. The van der Waals surface area contributed by atoms with Crippen LogP contribution in [0.5, 0.6) is 0 Å². The third-order valence-electron chi connectivity index (χ3n) is 3.49. The Kier molecular flexibility index (Phi) is 2.55. The molecule has 5 nitrogen and oxygen atoms in total. The smallest absolute Gasteiger partial charge is 0.261 e. The minimum atomic E-state index is -0.00468. The van der Waals surface area contributed by atoms with Crippen LogP contribution in [0.2, 0.25) is 0 Å². The molecule has 1 aromatic heterocycles. The Morgan fingerprint density at radius 3 is 2.89 bits per heavy atom. The molecule has 0 radical (unpaired) electrons. The van der Waals surface area contributed by atoms with Crippen molar-refractivity contribution in [1.29, 1.82) is 0 Å². The summed E-state index contributed by atoms with van der Waals surface area (Å²) < 4.78 is 1.67. The minimum Gasteiger partial charge on any atom is -0.399 e. The van der Waals surface area contributed by atoms with Crippen molar-refractivity contribution in [1.82, 2.24) is 9.78 Å². The fraction of sp³-hybridized carbons (Fsp3) is 0.286. The van der Waals surface area contributed by atoms with Gasteiger partial charge < -0.3 is 10.6 Å². The Morgan fingerprint density at radius 1 is 1.42 bits per heavy atom. The molecule has 0 fully saturated rings. The zero-order chi connectivity index (χ0) is 13.6. The molecule has 5 heteroatoms. The van der Waals surface area contributed by atoms with E-state index in [9.17, 15) is 4.79 Å². The maximum absolute atomic E-state index is 12.6. The lowest BCUT2D eigenvalue weighted by atomic mass is 10.1. The predicted molar refractivity (Wildman–Crippen MR) is 74.2 cm³/mol. The van der Waals surface area contributed by atoms with Crippen molar-refractivity contribution in [3.05, 3.63) is 41.2 Å². The minimum absolute atomic E-state index is 0.00468. The summed E-state index contributed by atoms with van der Waals surface area (Å²) >= 11 is 0. The van der Waals surface area contributed by atoms with Crippen LogP contribution in [0, 0.1) is 6.92 Å². The van der Waals surface area contributed by atoms with Gasteiger partial charge in [0.25, 0.3) is 5.91 Å². The molecule has 2 aromatic rings. The standard InChI is InChI=1S/C14H16N4O/c1-9-12(8-17(2)16-9)14(19)18-6-5-10-3-4-11(15)7-13(10)18/h3-4,7-8H,5-6,15H2,1-2H3. The summed E-state index contributed by atoms with van der Waals surface area (Å²) in [5.41, 5.74) is 9.99. The molecule has 98 valence electrons. The van der Waals surface area contributed by atoms with Crippen LogP contribution in [-0.2, 0) is 13.5 Å². The number of anilines is 2. The number of carbonyl (C=O) groups excluding carboxylic acids is 1. The molecule has 19 heavy (non-hydrogen) atoms. The third-order valence-corrected chi connectivity index (χ3v) is 3.49. The van der Waals surface area contributed by atoms with Gasteiger partial charge in [-0.1, -0.05) is 6.07 Å². The van der Waals surface area contributed by atoms with E-state index in [4.69, 9.17) is 5.73 Å². The molecule has 1 aliphatic heterocycles. The average molecular weight is 256 g/mol. The summed E-state index contributed by atoms with van der Waals surface area (Å²) in [7, 11) is 1.82. The maximum atomic E-state index is 12.6. The van der Waals surface area contributed by atoms with Crippen LogP contribution in [-0.4, -0.2) is 22.2 Å². The molecule has 0 bridgehead atoms. The first kappa shape index (κ1) is 11.8. The van der Waals surface area contributed by atoms with Crippen molar-refractivity contribution in [2.24, 2.45) is 7.05 Å². The SMILES string of the molecule is Cc1nn(C)cc1C(=O)N1CCc2ccc(N)cc21. The van der Waals surface area contributed by atoms with E-state index in [1.807, 2.05) is 32.2 Å². The largest absolute Gasteiger partial charge is 0.399 e. The summed E-state index contributed by atoms with van der Waals surface area (Å²) in [5, 5.41) is 4.22. The lowest BCUT2D eigenvalue weighted by molar-refractivity contribution is 0.0989. The fourth-order valence-electron chi connectivity index (χ4n) is 2.56. The number of nitrogens with zero attached hydrogens (tertiary/aromatic N) is 3. The summed E-state index contributed by atoms with van der Waals surface area (Å²) in [6, 6.07) is 5.74. The van der Waals surface area contributed by atoms with E-state index < -0.39 is 0 Å². The Bertz CT molecular complexity index is 659. The third kappa shape index (κ3) is 1.87. The number of carbonyl (C=O) groups is 1. The monoisotopic (exact) mass is 256 g/mol. The van der Waals surface area contributed by atoms with E-state index in [1.54, 1.807) is 15.8 Å². The Labute approximate surface area is 111 Å². The van der Waals surface area contributed by atoms with Crippen molar-refractivity contribution >= 4 is 17.3 Å². The quantitative estimate of drug-likeness (QED) is 0.787. The normalized spacial score (nSPS) is 13.7. The average Bonchev–Trinajstić information content (AvgIpc) is 2.91. The lowest BCUT2D eigenvalue weighted by Crippen LogP contribution is -2.29. The maximum Gasteiger partial charge on any atom is 0.261 e. The number of fused-ring (bicyclic) bond motifs is 1. The summed E-state index contributed by atoms with van der Waals surface area (Å²) in [5.74, 6) is -0.00468. The van der Waals surface area contributed by atoms with Crippen molar-refractivity contribution < 1.29 is 4.79 Å². The van der Waals surface area contributed by atoms with Crippen molar-refractivity contribution in [3.63, 3.8) is 0 Å². The van der Waals surface area contributed by atoms with E-state index in [1.165, 1.54) is 5.56 Å². The number of hydrogen-bond acceptors (Lipinski definition) is 3. The fourth-order valence-corrected chi connectivity index (χ4v) is 2.56. The van der Waals surface area contributed by atoms with Gasteiger partial charge in [0.15, 0.2) is 0 Å². The first-order valence-corrected chi connectivity index (χ1v) is 6.27. The summed E-state index contributed by atoms with van der Waals surface area (Å²) in [6.45, 7) is 2.55. The van der Waals surface area contributed by atoms with Gasteiger partial charge in [0.05, 0.1) is 11.3 Å². The van der Waals surface area contributed by atoms with Gasteiger partial charge >= 0.3 is 0 Å². The topological polar surface area (TPSA) is 64.2 Å². The molecule has 1 aliphatic rings. The van der Waals surface area contributed by atoms with Gasteiger partial charge in [0.1, 0.15) is 0 Å². The van der Waals surface area contributed by atoms with Crippen LogP contribution in [0.25, 0.3) is 0 Å². The Hall–Kier alpha value is -2.30. The molecule has 0 unspecified atom stereocenters. The number of hydrogen-bond donors (Lipinski definition) is 1. The first-order valence-electron chi connectivity index (χ1n) is 6.27. The molecule has 0 spiro atoms. The molecule has 0 saturated heterocycles. The molecule has 2 heterocycles. The van der Waals surface area contributed by atoms with E-state index in [-0.39, 0.29) is 5.91 Å². The van der Waals surface area contributed by atoms with E-state index in [0.29, 0.717) is 17.8 Å². The second-order valence-electron chi connectivity index (χ2n) is 4.90. The van der Waals surface area contributed by atoms with Gasteiger partial charge in [0.2, 0.25) is 0 Å². The number of aryl methyl sites for hydroxylation is 2. The first-order chi connectivity index (χ1) is 9.06. The van der Waals surface area contributed by atoms with Crippen molar-refractivity contribution in [3.8, 4) is 0 Å². The molecular weight excluding hydrogens is 240 g/mol.